The number of nitrogens with zero attached hydrogens (tertiary/aromatic N) is 3. The number of aromatic nitrogens is 1. The first-order valence-corrected chi connectivity index (χ1v) is 9.38. The number of rotatable bonds is 6. The molecule has 0 bridgehead atoms. The zero-order chi connectivity index (χ0) is 18.4. The summed E-state index contributed by atoms with van der Waals surface area (Å²) >= 11 is 6.20. The van der Waals surface area contributed by atoms with E-state index in [1.807, 2.05) is 49.5 Å². The summed E-state index contributed by atoms with van der Waals surface area (Å²) in [6.07, 6.45) is 1.83. The predicted molar refractivity (Wildman–Crippen MR) is 104 cm³/mol. The third-order valence-electron chi connectivity index (χ3n) is 4.69. The molecule has 0 unspecified atom stereocenters. The van der Waals surface area contributed by atoms with E-state index in [0.29, 0.717) is 11.6 Å². The zero-order valence-corrected chi connectivity index (χ0v) is 15.8. The fourth-order valence-electron chi connectivity index (χ4n) is 3.22. The average molecular weight is 373 g/mol. The lowest BCUT2D eigenvalue weighted by molar-refractivity contribution is -0.123. The van der Waals surface area contributed by atoms with Crippen LogP contribution in [0.2, 0.25) is 5.02 Å². The van der Waals surface area contributed by atoms with E-state index in [1.54, 1.807) is 0 Å². The van der Waals surface area contributed by atoms with E-state index in [4.69, 9.17) is 11.6 Å². The lowest BCUT2D eigenvalue weighted by Gasteiger charge is -2.34. The van der Waals surface area contributed by atoms with Crippen molar-refractivity contribution in [1.82, 2.24) is 20.1 Å². The standard InChI is InChI=1S/C20H25ClN4O/c1-16(18-7-2-3-8-19(18)21)23-20(26)15-25-12-10-24(11-13-25)14-17-6-4-5-9-22-17/h2-9,16H,10-15H2,1H3,(H,23,26)/t16-/m1/s1. The van der Waals surface area contributed by atoms with Gasteiger partial charge >= 0.3 is 0 Å². The van der Waals surface area contributed by atoms with Gasteiger partial charge in [0.25, 0.3) is 0 Å². The molecule has 0 spiro atoms. The molecule has 1 atom stereocenters. The van der Waals surface area contributed by atoms with Crippen LogP contribution in [0, 0.1) is 0 Å². The molecular weight excluding hydrogens is 348 g/mol. The molecule has 1 N–H and O–H groups in total. The normalized spacial score (nSPS) is 17.0. The van der Waals surface area contributed by atoms with Gasteiger partial charge in [-0.15, -0.1) is 0 Å². The molecule has 1 aliphatic heterocycles. The minimum Gasteiger partial charge on any atom is -0.348 e. The minimum atomic E-state index is -0.0957. The molecule has 6 heteroatoms. The van der Waals surface area contributed by atoms with Gasteiger partial charge < -0.3 is 5.32 Å². The number of pyridine rings is 1. The van der Waals surface area contributed by atoms with E-state index in [2.05, 4.69) is 26.2 Å². The second kappa shape index (κ2) is 9.12. The molecule has 0 radical (unpaired) electrons. The Kier molecular flexibility index (Phi) is 6.61. The average Bonchev–Trinajstić information content (AvgIpc) is 2.64. The minimum absolute atomic E-state index is 0.0376. The first kappa shape index (κ1) is 18.8. The lowest BCUT2D eigenvalue weighted by Crippen LogP contribution is -2.49. The van der Waals surface area contributed by atoms with Gasteiger partial charge in [0.2, 0.25) is 5.91 Å². The molecular formula is C20H25ClN4O. The third-order valence-corrected chi connectivity index (χ3v) is 5.04. The molecule has 1 amide bonds. The molecule has 2 aromatic rings. The van der Waals surface area contributed by atoms with Crippen LogP contribution in [0.5, 0.6) is 0 Å². The Hall–Kier alpha value is -1.95. The van der Waals surface area contributed by atoms with E-state index in [0.717, 1.165) is 44.0 Å². The van der Waals surface area contributed by atoms with Crippen molar-refractivity contribution in [1.29, 1.82) is 0 Å². The zero-order valence-electron chi connectivity index (χ0n) is 15.1. The van der Waals surface area contributed by atoms with E-state index in [9.17, 15) is 4.79 Å². The Morgan fingerprint density at radius 3 is 2.50 bits per heavy atom. The lowest BCUT2D eigenvalue weighted by atomic mass is 10.1. The Bertz CT molecular complexity index is 717. The molecule has 0 aliphatic carbocycles. The highest BCUT2D eigenvalue weighted by Gasteiger charge is 2.20. The summed E-state index contributed by atoms with van der Waals surface area (Å²) in [7, 11) is 0. The number of amides is 1. The van der Waals surface area contributed by atoms with Crippen molar-refractivity contribution in [3.8, 4) is 0 Å². The van der Waals surface area contributed by atoms with Crippen LogP contribution in [0.4, 0.5) is 0 Å². The predicted octanol–water partition coefficient (Wildman–Crippen LogP) is 2.73. The SMILES string of the molecule is C[C@@H](NC(=O)CN1CCN(Cc2ccccn2)CC1)c1ccccc1Cl. The van der Waals surface area contributed by atoms with Crippen molar-refractivity contribution in [2.45, 2.75) is 19.5 Å². The number of halogens is 1. The number of carbonyl (C=O) groups excluding carboxylic acids is 1. The fraction of sp³-hybridized carbons (Fsp3) is 0.400. The number of nitrogens with one attached hydrogen (secondary N) is 1. The van der Waals surface area contributed by atoms with Crippen LogP contribution in [0.1, 0.15) is 24.2 Å². The molecule has 2 heterocycles. The molecule has 5 nitrogen and oxygen atoms in total. The monoisotopic (exact) mass is 372 g/mol. The highest BCUT2D eigenvalue weighted by molar-refractivity contribution is 6.31. The molecule has 0 saturated carbocycles. The molecule has 1 fully saturated rings. The van der Waals surface area contributed by atoms with Crippen molar-refractivity contribution in [2.24, 2.45) is 0 Å². The number of piperazine rings is 1. The topological polar surface area (TPSA) is 48.5 Å². The fourth-order valence-corrected chi connectivity index (χ4v) is 3.52. The van der Waals surface area contributed by atoms with Gasteiger partial charge in [-0.2, -0.15) is 0 Å². The Balaban J connectivity index is 1.43. The number of hydrogen-bond donors (Lipinski definition) is 1. The molecule has 1 saturated heterocycles. The van der Waals surface area contributed by atoms with Crippen LogP contribution in [0.15, 0.2) is 48.7 Å². The van der Waals surface area contributed by atoms with Crippen molar-refractivity contribution >= 4 is 17.5 Å². The van der Waals surface area contributed by atoms with E-state index >= 15 is 0 Å². The highest BCUT2D eigenvalue weighted by Crippen LogP contribution is 2.22. The highest BCUT2D eigenvalue weighted by atomic mass is 35.5. The summed E-state index contributed by atoms with van der Waals surface area (Å²) in [5.74, 6) is 0.0376. The first-order valence-electron chi connectivity index (χ1n) is 9.00. The largest absolute Gasteiger partial charge is 0.348 e. The van der Waals surface area contributed by atoms with Gasteiger partial charge in [-0.25, -0.2) is 0 Å². The number of carbonyl (C=O) groups is 1. The van der Waals surface area contributed by atoms with E-state index in [1.165, 1.54) is 0 Å². The molecule has 1 aliphatic rings. The molecule has 1 aromatic carbocycles. The van der Waals surface area contributed by atoms with E-state index in [-0.39, 0.29) is 11.9 Å². The van der Waals surface area contributed by atoms with Gasteiger partial charge in [0, 0.05) is 43.9 Å². The summed E-state index contributed by atoms with van der Waals surface area (Å²) in [4.78, 5) is 21.3. The summed E-state index contributed by atoms with van der Waals surface area (Å²) in [5.41, 5.74) is 2.04. The van der Waals surface area contributed by atoms with Crippen molar-refractivity contribution in [3.63, 3.8) is 0 Å². The van der Waals surface area contributed by atoms with Crippen molar-refractivity contribution in [2.75, 3.05) is 32.7 Å². The van der Waals surface area contributed by atoms with Crippen LogP contribution < -0.4 is 5.32 Å². The van der Waals surface area contributed by atoms with Gasteiger partial charge in [-0.05, 0) is 30.7 Å². The second-order valence-electron chi connectivity index (χ2n) is 6.68. The Morgan fingerprint density at radius 2 is 1.81 bits per heavy atom. The first-order chi connectivity index (χ1) is 12.6. The second-order valence-corrected chi connectivity index (χ2v) is 7.09. The van der Waals surface area contributed by atoms with Gasteiger partial charge in [-0.1, -0.05) is 35.9 Å². The summed E-state index contributed by atoms with van der Waals surface area (Å²) < 4.78 is 0. The van der Waals surface area contributed by atoms with Gasteiger partial charge in [0.05, 0.1) is 18.3 Å². The maximum absolute atomic E-state index is 12.4. The number of hydrogen-bond acceptors (Lipinski definition) is 4. The summed E-state index contributed by atoms with van der Waals surface area (Å²) in [5, 5.41) is 3.73. The van der Waals surface area contributed by atoms with Crippen molar-refractivity contribution < 1.29 is 4.79 Å². The van der Waals surface area contributed by atoms with Crippen LogP contribution in [-0.2, 0) is 11.3 Å². The molecule has 1 aromatic heterocycles. The van der Waals surface area contributed by atoms with Crippen LogP contribution in [0.3, 0.4) is 0 Å². The van der Waals surface area contributed by atoms with Crippen LogP contribution in [-0.4, -0.2) is 53.4 Å². The smallest absolute Gasteiger partial charge is 0.234 e. The molecule has 138 valence electrons. The summed E-state index contributed by atoms with van der Waals surface area (Å²) in [6, 6.07) is 13.5. The molecule has 3 rings (SSSR count). The third kappa shape index (κ3) is 5.27. The van der Waals surface area contributed by atoms with Crippen LogP contribution >= 0.6 is 11.6 Å². The van der Waals surface area contributed by atoms with Gasteiger partial charge in [0.1, 0.15) is 0 Å². The Labute approximate surface area is 160 Å². The van der Waals surface area contributed by atoms with E-state index < -0.39 is 0 Å². The maximum atomic E-state index is 12.4. The summed E-state index contributed by atoms with van der Waals surface area (Å²) in [6.45, 7) is 6.93. The molecule has 26 heavy (non-hydrogen) atoms. The number of benzene rings is 1. The maximum Gasteiger partial charge on any atom is 0.234 e. The Morgan fingerprint density at radius 1 is 1.12 bits per heavy atom. The quantitative estimate of drug-likeness (QED) is 0.847. The van der Waals surface area contributed by atoms with Gasteiger partial charge in [0.15, 0.2) is 0 Å². The van der Waals surface area contributed by atoms with Crippen LogP contribution in [0.25, 0.3) is 0 Å². The van der Waals surface area contributed by atoms with Gasteiger partial charge in [-0.3, -0.25) is 19.6 Å². The van der Waals surface area contributed by atoms with Crippen molar-refractivity contribution in [3.05, 3.63) is 64.9 Å².